The largest absolute Gasteiger partial charge is 0.396 e. The van der Waals surface area contributed by atoms with E-state index in [9.17, 15) is 0 Å². The van der Waals surface area contributed by atoms with Crippen LogP contribution in [0.3, 0.4) is 0 Å². The Morgan fingerprint density at radius 3 is 2.50 bits per heavy atom. The van der Waals surface area contributed by atoms with Crippen molar-refractivity contribution in [3.05, 3.63) is 48.3 Å². The lowest BCUT2D eigenvalue weighted by molar-refractivity contribution is 0.687. The van der Waals surface area contributed by atoms with Gasteiger partial charge in [0.15, 0.2) is 0 Å². The van der Waals surface area contributed by atoms with Gasteiger partial charge in [0.2, 0.25) is 0 Å². The van der Waals surface area contributed by atoms with E-state index in [1.54, 1.807) is 6.20 Å². The van der Waals surface area contributed by atoms with E-state index < -0.39 is 0 Å². The van der Waals surface area contributed by atoms with E-state index in [4.69, 9.17) is 5.73 Å². The Hall–Kier alpha value is -1.48. The Morgan fingerprint density at radius 1 is 1.21 bits per heavy atom. The van der Waals surface area contributed by atoms with Gasteiger partial charge in [-0.3, -0.25) is 4.68 Å². The quantitative estimate of drug-likeness (QED) is 0.822. The van der Waals surface area contributed by atoms with Gasteiger partial charge in [-0.2, -0.15) is 5.10 Å². The van der Waals surface area contributed by atoms with Crippen molar-refractivity contribution in [2.45, 2.75) is 6.54 Å². The van der Waals surface area contributed by atoms with Crippen molar-refractivity contribution in [1.82, 2.24) is 9.78 Å². The number of hydrogen-bond donors (Lipinski definition) is 1. The summed E-state index contributed by atoms with van der Waals surface area (Å²) in [7, 11) is 0. The van der Waals surface area contributed by atoms with E-state index in [1.807, 2.05) is 29.1 Å². The minimum Gasteiger partial charge on any atom is -0.396 e. The van der Waals surface area contributed by atoms with Gasteiger partial charge in [0.05, 0.1) is 18.4 Å². The molecule has 0 saturated carbocycles. The maximum atomic E-state index is 5.55. The van der Waals surface area contributed by atoms with Crippen molar-refractivity contribution in [2.75, 3.05) is 5.73 Å². The first-order valence-corrected chi connectivity index (χ1v) is 4.16. The summed E-state index contributed by atoms with van der Waals surface area (Å²) in [6.45, 7) is 0.776. The van der Waals surface area contributed by atoms with Crippen molar-refractivity contribution in [1.29, 1.82) is 0 Å². The molecule has 0 radical (unpaired) electrons. The van der Waals surface area contributed by atoms with Gasteiger partial charge in [0.1, 0.15) is 0 Å². The van der Waals surface area contributed by atoms with E-state index in [0.717, 1.165) is 6.54 Å². The zero-order valence-electron chi connectivity index (χ0n) is 7.63. The molecule has 0 aliphatic carbocycles. The molecule has 0 spiro atoms. The highest BCUT2D eigenvalue weighted by molar-refractivity contribution is 5.85. The lowest BCUT2D eigenvalue weighted by Crippen LogP contribution is -1.99. The highest BCUT2D eigenvalue weighted by Crippen LogP contribution is 2.03. The first-order chi connectivity index (χ1) is 6.34. The Labute approximate surface area is 89.0 Å². The molecule has 0 fully saturated rings. The molecular weight excluding hydrogens is 198 g/mol. The van der Waals surface area contributed by atoms with E-state index in [1.165, 1.54) is 5.56 Å². The van der Waals surface area contributed by atoms with Gasteiger partial charge in [0.25, 0.3) is 0 Å². The molecule has 2 N–H and O–H groups in total. The van der Waals surface area contributed by atoms with Crippen LogP contribution in [-0.4, -0.2) is 9.78 Å². The van der Waals surface area contributed by atoms with Crippen molar-refractivity contribution in [3.8, 4) is 0 Å². The van der Waals surface area contributed by atoms with Crippen LogP contribution in [0.15, 0.2) is 42.7 Å². The Bertz CT molecular complexity index is 383. The molecule has 0 aliphatic rings. The van der Waals surface area contributed by atoms with Gasteiger partial charge >= 0.3 is 0 Å². The predicted molar refractivity (Wildman–Crippen MR) is 59.4 cm³/mol. The number of aromatic nitrogens is 2. The molecule has 1 heterocycles. The summed E-state index contributed by atoms with van der Waals surface area (Å²) >= 11 is 0. The Morgan fingerprint density at radius 2 is 1.93 bits per heavy atom. The lowest BCUT2D eigenvalue weighted by atomic mass is 10.2. The summed E-state index contributed by atoms with van der Waals surface area (Å²) in [4.78, 5) is 0. The fourth-order valence-corrected chi connectivity index (χ4v) is 1.24. The summed E-state index contributed by atoms with van der Waals surface area (Å²) < 4.78 is 1.82. The topological polar surface area (TPSA) is 43.8 Å². The SMILES string of the molecule is Cl.Nc1cnn(Cc2ccccc2)c1. The average Bonchev–Trinajstić information content (AvgIpc) is 2.53. The molecule has 2 rings (SSSR count). The molecule has 74 valence electrons. The standard InChI is InChI=1S/C10H11N3.ClH/c11-10-6-12-13(8-10)7-9-4-2-1-3-5-9;/h1-6,8H,7,11H2;1H. The molecule has 0 aliphatic heterocycles. The summed E-state index contributed by atoms with van der Waals surface area (Å²) in [5, 5.41) is 4.10. The molecule has 0 unspecified atom stereocenters. The zero-order valence-corrected chi connectivity index (χ0v) is 8.45. The molecule has 1 aromatic heterocycles. The van der Waals surface area contributed by atoms with Crippen LogP contribution < -0.4 is 5.73 Å². The van der Waals surface area contributed by atoms with Crippen LogP contribution >= 0.6 is 12.4 Å². The van der Waals surface area contributed by atoms with Gasteiger partial charge in [-0.15, -0.1) is 12.4 Å². The molecule has 0 atom stereocenters. The van der Waals surface area contributed by atoms with Crippen molar-refractivity contribution in [2.24, 2.45) is 0 Å². The van der Waals surface area contributed by atoms with Gasteiger partial charge in [-0.05, 0) is 5.56 Å². The number of halogens is 1. The third kappa shape index (κ3) is 2.50. The summed E-state index contributed by atoms with van der Waals surface area (Å²) in [6, 6.07) is 10.2. The van der Waals surface area contributed by atoms with Gasteiger partial charge < -0.3 is 5.73 Å². The van der Waals surface area contributed by atoms with E-state index in [2.05, 4.69) is 17.2 Å². The first-order valence-electron chi connectivity index (χ1n) is 4.16. The van der Waals surface area contributed by atoms with Crippen LogP contribution in [0.2, 0.25) is 0 Å². The average molecular weight is 210 g/mol. The fourth-order valence-electron chi connectivity index (χ4n) is 1.24. The fraction of sp³-hybridized carbons (Fsp3) is 0.100. The Balaban J connectivity index is 0.000000980. The van der Waals surface area contributed by atoms with Crippen LogP contribution in [-0.2, 0) is 6.54 Å². The smallest absolute Gasteiger partial charge is 0.0719 e. The highest BCUT2D eigenvalue weighted by atomic mass is 35.5. The minimum absolute atomic E-state index is 0. The maximum absolute atomic E-state index is 5.55. The second kappa shape index (κ2) is 4.67. The second-order valence-corrected chi connectivity index (χ2v) is 2.96. The molecular formula is C10H12ClN3. The van der Waals surface area contributed by atoms with E-state index >= 15 is 0 Å². The molecule has 14 heavy (non-hydrogen) atoms. The second-order valence-electron chi connectivity index (χ2n) is 2.96. The number of nitrogens with zero attached hydrogens (tertiary/aromatic N) is 2. The number of anilines is 1. The Kier molecular flexibility index (Phi) is 3.54. The van der Waals surface area contributed by atoms with Gasteiger partial charge in [0, 0.05) is 6.20 Å². The number of rotatable bonds is 2. The first kappa shape index (κ1) is 10.6. The lowest BCUT2D eigenvalue weighted by Gasteiger charge is -1.99. The maximum Gasteiger partial charge on any atom is 0.0719 e. The van der Waals surface area contributed by atoms with Crippen molar-refractivity contribution < 1.29 is 0 Å². The molecule has 1 aromatic carbocycles. The molecule has 0 bridgehead atoms. The predicted octanol–water partition coefficient (Wildman–Crippen LogP) is 1.94. The molecule has 4 heteroatoms. The van der Waals surface area contributed by atoms with Crippen LogP contribution in [0.1, 0.15) is 5.56 Å². The molecule has 0 amide bonds. The minimum atomic E-state index is 0. The summed E-state index contributed by atoms with van der Waals surface area (Å²) in [5.41, 5.74) is 7.48. The summed E-state index contributed by atoms with van der Waals surface area (Å²) in [5.74, 6) is 0. The van der Waals surface area contributed by atoms with Gasteiger partial charge in [-0.1, -0.05) is 30.3 Å². The molecule has 2 aromatic rings. The third-order valence-corrected chi connectivity index (χ3v) is 1.84. The monoisotopic (exact) mass is 209 g/mol. The number of benzene rings is 1. The molecule has 3 nitrogen and oxygen atoms in total. The van der Waals surface area contributed by atoms with E-state index in [0.29, 0.717) is 5.69 Å². The zero-order chi connectivity index (χ0) is 9.10. The van der Waals surface area contributed by atoms with E-state index in [-0.39, 0.29) is 12.4 Å². The van der Waals surface area contributed by atoms with Crippen LogP contribution in [0, 0.1) is 0 Å². The number of nitrogens with two attached hydrogens (primary N) is 1. The van der Waals surface area contributed by atoms with Crippen LogP contribution in [0.25, 0.3) is 0 Å². The third-order valence-electron chi connectivity index (χ3n) is 1.84. The highest BCUT2D eigenvalue weighted by Gasteiger charge is 1.95. The normalized spacial score (nSPS) is 9.43. The van der Waals surface area contributed by atoms with Crippen molar-refractivity contribution in [3.63, 3.8) is 0 Å². The summed E-state index contributed by atoms with van der Waals surface area (Å²) in [6.07, 6.45) is 3.48. The number of nitrogen functional groups attached to an aromatic ring is 1. The van der Waals surface area contributed by atoms with Gasteiger partial charge in [-0.25, -0.2) is 0 Å². The molecule has 0 saturated heterocycles. The number of hydrogen-bond acceptors (Lipinski definition) is 2. The van der Waals surface area contributed by atoms with Crippen molar-refractivity contribution >= 4 is 18.1 Å². The van der Waals surface area contributed by atoms with Crippen LogP contribution in [0.5, 0.6) is 0 Å². The van der Waals surface area contributed by atoms with Crippen LogP contribution in [0.4, 0.5) is 5.69 Å².